The number of thioether (sulfide) groups is 1. The van der Waals surface area contributed by atoms with Gasteiger partial charge in [0.05, 0.1) is 21.7 Å². The summed E-state index contributed by atoms with van der Waals surface area (Å²) in [4.78, 5) is 37.9. The van der Waals surface area contributed by atoms with Crippen molar-refractivity contribution in [1.29, 1.82) is 0 Å². The van der Waals surface area contributed by atoms with Crippen molar-refractivity contribution in [1.82, 2.24) is 4.90 Å². The minimum Gasteiger partial charge on any atom is -0.482 e. The molecule has 3 rings (SSSR count). The lowest BCUT2D eigenvalue weighted by atomic mass is 10.2. The summed E-state index contributed by atoms with van der Waals surface area (Å²) in [5.74, 6) is -1.25. The van der Waals surface area contributed by atoms with Crippen LogP contribution in [0.1, 0.15) is 12.5 Å². The van der Waals surface area contributed by atoms with Crippen LogP contribution in [0.4, 0.5) is 14.9 Å². The molecule has 2 aromatic rings. The van der Waals surface area contributed by atoms with Gasteiger partial charge in [0.25, 0.3) is 17.1 Å². The topological polar surface area (TPSA) is 75.7 Å². The number of carbonyl (C=O) groups is 3. The van der Waals surface area contributed by atoms with Gasteiger partial charge in [0.15, 0.2) is 6.61 Å². The highest BCUT2D eigenvalue weighted by atomic mass is 35.5. The minimum absolute atomic E-state index is 0.0530. The van der Waals surface area contributed by atoms with Crippen molar-refractivity contribution in [2.75, 3.05) is 11.9 Å². The lowest BCUT2D eigenvalue weighted by molar-refractivity contribution is -0.123. The number of para-hydroxylation sites is 1. The molecule has 0 aromatic heterocycles. The number of anilines is 1. The molecule has 0 radical (unpaired) electrons. The Morgan fingerprint density at radius 1 is 1.32 bits per heavy atom. The fourth-order valence-electron chi connectivity index (χ4n) is 2.70. The highest BCUT2D eigenvalue weighted by Crippen LogP contribution is 2.35. The first-order valence-corrected chi connectivity index (χ1v) is 10.4. The molecule has 6 nitrogen and oxygen atoms in total. The molecule has 0 bridgehead atoms. The van der Waals surface area contributed by atoms with Crippen molar-refractivity contribution in [3.63, 3.8) is 0 Å². The molecule has 1 saturated heterocycles. The molecule has 31 heavy (non-hydrogen) atoms. The normalized spacial score (nSPS) is 15.8. The van der Waals surface area contributed by atoms with Crippen LogP contribution < -0.4 is 10.1 Å². The van der Waals surface area contributed by atoms with Crippen molar-refractivity contribution >= 4 is 52.2 Å². The van der Waals surface area contributed by atoms with Crippen molar-refractivity contribution in [3.05, 3.63) is 76.4 Å². The van der Waals surface area contributed by atoms with E-state index in [0.717, 1.165) is 16.7 Å². The van der Waals surface area contributed by atoms with E-state index in [1.54, 1.807) is 37.3 Å². The first-order chi connectivity index (χ1) is 14.8. The van der Waals surface area contributed by atoms with Crippen LogP contribution in [0.25, 0.3) is 6.08 Å². The maximum Gasteiger partial charge on any atom is 0.294 e. The molecule has 0 spiro atoms. The summed E-state index contributed by atoms with van der Waals surface area (Å²) in [7, 11) is 0. The number of ether oxygens (including phenoxy) is 1. The molecule has 1 aliphatic rings. The predicted octanol–water partition coefficient (Wildman–Crippen LogP) is 5.11. The Hall–Kier alpha value is -3.10. The smallest absolute Gasteiger partial charge is 0.294 e. The number of rotatable bonds is 7. The summed E-state index contributed by atoms with van der Waals surface area (Å²) >= 11 is 7.06. The van der Waals surface area contributed by atoms with E-state index in [2.05, 4.69) is 11.9 Å². The van der Waals surface area contributed by atoms with Crippen LogP contribution in [-0.4, -0.2) is 34.6 Å². The molecule has 0 saturated carbocycles. The van der Waals surface area contributed by atoms with Gasteiger partial charge in [-0.2, -0.15) is 0 Å². The Labute approximate surface area is 187 Å². The zero-order valence-electron chi connectivity index (χ0n) is 16.4. The molecule has 1 N–H and O–H groups in total. The predicted molar refractivity (Wildman–Crippen MR) is 119 cm³/mol. The minimum atomic E-state index is -0.551. The molecule has 1 heterocycles. The monoisotopic (exact) mass is 460 g/mol. The third kappa shape index (κ3) is 5.34. The molecule has 160 valence electrons. The van der Waals surface area contributed by atoms with E-state index in [1.807, 2.05) is 0 Å². The van der Waals surface area contributed by atoms with E-state index in [-0.39, 0.29) is 33.2 Å². The molecule has 9 heteroatoms. The highest BCUT2D eigenvalue weighted by molar-refractivity contribution is 8.18. The Morgan fingerprint density at radius 2 is 2.06 bits per heavy atom. The van der Waals surface area contributed by atoms with Crippen LogP contribution >= 0.6 is 23.4 Å². The van der Waals surface area contributed by atoms with Gasteiger partial charge in [0.2, 0.25) is 0 Å². The number of amides is 3. The fraction of sp³-hybridized carbons (Fsp3) is 0.136. The first kappa shape index (κ1) is 22.6. The van der Waals surface area contributed by atoms with Crippen LogP contribution in [0.15, 0.2) is 60.0 Å². The van der Waals surface area contributed by atoms with E-state index in [9.17, 15) is 18.8 Å². The van der Waals surface area contributed by atoms with Gasteiger partial charge in [-0.25, -0.2) is 4.39 Å². The maximum absolute atomic E-state index is 13.6. The fourth-order valence-corrected chi connectivity index (χ4v) is 3.86. The molecule has 0 unspecified atom stereocenters. The Kier molecular flexibility index (Phi) is 7.14. The number of carbonyl (C=O) groups excluding carboxylic acids is 3. The van der Waals surface area contributed by atoms with Crippen molar-refractivity contribution in [2.45, 2.75) is 13.0 Å². The summed E-state index contributed by atoms with van der Waals surface area (Å²) in [5, 5.41) is 2.26. The maximum atomic E-state index is 13.6. The molecule has 1 atom stereocenters. The number of halogens is 2. The van der Waals surface area contributed by atoms with Gasteiger partial charge in [-0.15, -0.1) is 6.58 Å². The SMILES string of the molecule is C=C[C@@H](C)N1C(=O)S/C(=C\c2ccc(OCC(=O)Nc3ccccc3F)c(Cl)c2)C1=O. The van der Waals surface area contributed by atoms with Crippen LogP contribution in [0.3, 0.4) is 0 Å². The third-order valence-corrected chi connectivity index (χ3v) is 5.51. The zero-order chi connectivity index (χ0) is 22.5. The molecule has 3 amide bonds. The number of imide groups is 1. The number of benzene rings is 2. The Balaban J connectivity index is 1.65. The van der Waals surface area contributed by atoms with E-state index in [1.165, 1.54) is 24.3 Å². The summed E-state index contributed by atoms with van der Waals surface area (Å²) in [6, 6.07) is 10.1. The average Bonchev–Trinajstić information content (AvgIpc) is 3.01. The van der Waals surface area contributed by atoms with Crippen LogP contribution in [0, 0.1) is 5.82 Å². The zero-order valence-corrected chi connectivity index (χ0v) is 18.0. The molecular formula is C22H18ClFN2O4S. The van der Waals surface area contributed by atoms with E-state index in [4.69, 9.17) is 16.3 Å². The second-order valence-corrected chi connectivity index (χ2v) is 7.93. The largest absolute Gasteiger partial charge is 0.482 e. The first-order valence-electron chi connectivity index (χ1n) is 9.16. The molecule has 1 aliphatic heterocycles. The lowest BCUT2D eigenvalue weighted by Gasteiger charge is -2.17. The van der Waals surface area contributed by atoms with Crippen molar-refractivity contribution in [3.8, 4) is 5.75 Å². The van der Waals surface area contributed by atoms with Gasteiger partial charge >= 0.3 is 0 Å². The standard InChI is InChI=1S/C22H18ClFN2O4S/c1-3-13(2)26-21(28)19(31-22(26)29)11-14-8-9-18(15(23)10-14)30-12-20(27)25-17-7-5-4-6-16(17)24/h3-11,13H,1,12H2,2H3,(H,25,27)/b19-11-/t13-/m1/s1. The van der Waals surface area contributed by atoms with Crippen LogP contribution in [0.5, 0.6) is 5.75 Å². The lowest BCUT2D eigenvalue weighted by Crippen LogP contribution is -2.35. The summed E-state index contributed by atoms with van der Waals surface area (Å²) in [6.45, 7) is 4.95. The number of hydrogen-bond acceptors (Lipinski definition) is 5. The molecular weight excluding hydrogens is 443 g/mol. The van der Waals surface area contributed by atoms with E-state index in [0.29, 0.717) is 5.56 Å². The Morgan fingerprint density at radius 3 is 2.74 bits per heavy atom. The quantitative estimate of drug-likeness (QED) is 0.459. The third-order valence-electron chi connectivity index (χ3n) is 4.33. The average molecular weight is 461 g/mol. The Bertz CT molecular complexity index is 1090. The van der Waals surface area contributed by atoms with E-state index >= 15 is 0 Å². The summed E-state index contributed by atoms with van der Waals surface area (Å²) in [5.41, 5.74) is 0.641. The molecule has 2 aromatic carbocycles. The van der Waals surface area contributed by atoms with Gasteiger partial charge in [-0.3, -0.25) is 19.3 Å². The van der Waals surface area contributed by atoms with Gasteiger partial charge in [0, 0.05) is 0 Å². The van der Waals surface area contributed by atoms with Gasteiger partial charge in [-0.1, -0.05) is 35.9 Å². The number of nitrogens with zero attached hydrogens (tertiary/aromatic N) is 1. The van der Waals surface area contributed by atoms with Crippen molar-refractivity contribution < 1.29 is 23.5 Å². The summed E-state index contributed by atoms with van der Waals surface area (Å²) in [6.07, 6.45) is 3.08. The summed E-state index contributed by atoms with van der Waals surface area (Å²) < 4.78 is 19.0. The van der Waals surface area contributed by atoms with Crippen LogP contribution in [0.2, 0.25) is 5.02 Å². The van der Waals surface area contributed by atoms with E-state index < -0.39 is 23.7 Å². The van der Waals surface area contributed by atoms with Crippen molar-refractivity contribution in [2.24, 2.45) is 0 Å². The van der Waals surface area contributed by atoms with Gasteiger partial charge < -0.3 is 10.1 Å². The second-order valence-electron chi connectivity index (χ2n) is 6.53. The number of hydrogen-bond donors (Lipinski definition) is 1. The molecule has 1 fully saturated rings. The number of nitrogens with one attached hydrogen (secondary N) is 1. The second kappa shape index (κ2) is 9.80. The highest BCUT2D eigenvalue weighted by Gasteiger charge is 2.37. The van der Waals surface area contributed by atoms with Gasteiger partial charge in [0.1, 0.15) is 11.6 Å². The molecule has 0 aliphatic carbocycles. The van der Waals surface area contributed by atoms with Crippen LogP contribution in [-0.2, 0) is 9.59 Å². The van der Waals surface area contributed by atoms with Gasteiger partial charge in [-0.05, 0) is 54.6 Å².